The van der Waals surface area contributed by atoms with E-state index < -0.39 is 0 Å². The van der Waals surface area contributed by atoms with E-state index in [1.807, 2.05) is 30.3 Å². The van der Waals surface area contributed by atoms with Crippen molar-refractivity contribution in [2.75, 3.05) is 18.2 Å². The van der Waals surface area contributed by atoms with Crippen molar-refractivity contribution < 1.29 is 14.3 Å². The molecule has 0 atom stereocenters. The minimum absolute atomic E-state index is 0.263. The molecule has 3 aromatic carbocycles. The summed E-state index contributed by atoms with van der Waals surface area (Å²) >= 11 is 0. The Hall–Kier alpha value is -3.01. The molecule has 0 saturated carbocycles. The van der Waals surface area contributed by atoms with Crippen LogP contribution < -0.4 is 9.64 Å². The number of benzene rings is 3. The van der Waals surface area contributed by atoms with E-state index in [9.17, 15) is 4.79 Å². The highest BCUT2D eigenvalue weighted by Crippen LogP contribution is 2.34. The Labute approximate surface area is 159 Å². The third-order valence-corrected chi connectivity index (χ3v) is 4.92. The second kappa shape index (κ2) is 7.70. The average molecular weight is 361 g/mol. The van der Waals surface area contributed by atoms with Crippen LogP contribution in [0, 0.1) is 0 Å². The average Bonchev–Trinajstić information content (AvgIpc) is 2.73. The summed E-state index contributed by atoms with van der Waals surface area (Å²) in [5.74, 6) is 0.683. The van der Waals surface area contributed by atoms with Gasteiger partial charge in [0.25, 0.3) is 0 Å². The van der Waals surface area contributed by atoms with Crippen molar-refractivity contribution in [3.63, 3.8) is 0 Å². The summed E-state index contributed by atoms with van der Waals surface area (Å²) < 4.78 is 11.2. The molecule has 0 radical (unpaired) electrons. The van der Waals surface area contributed by atoms with E-state index in [1.54, 1.807) is 0 Å². The first kappa shape index (κ1) is 17.4. The molecule has 138 valence electrons. The van der Waals surface area contributed by atoms with E-state index in [2.05, 4.69) is 42.2 Å². The number of hydrogen-bond acceptors (Lipinski definition) is 4. The number of carbonyl (C=O) groups excluding carboxylic acids is 1. The molecule has 0 aromatic heterocycles. The minimum atomic E-state index is -0.263. The van der Waals surface area contributed by atoms with Gasteiger partial charge in [0.15, 0.2) is 6.73 Å². The number of carbonyl (C=O) groups is 1. The topological polar surface area (TPSA) is 38.8 Å². The molecule has 4 nitrogen and oxygen atoms in total. The molecule has 0 spiro atoms. The van der Waals surface area contributed by atoms with Gasteiger partial charge in [0.05, 0.1) is 18.7 Å². The molecule has 1 heterocycles. The van der Waals surface area contributed by atoms with Crippen molar-refractivity contribution >= 4 is 22.4 Å². The van der Waals surface area contributed by atoms with Crippen molar-refractivity contribution in [1.82, 2.24) is 0 Å². The van der Waals surface area contributed by atoms with Crippen LogP contribution in [0.1, 0.15) is 35.7 Å². The Morgan fingerprint density at radius 3 is 2.70 bits per heavy atom. The van der Waals surface area contributed by atoms with Gasteiger partial charge in [0, 0.05) is 11.3 Å². The van der Waals surface area contributed by atoms with Gasteiger partial charge in [-0.1, -0.05) is 43.7 Å². The quantitative estimate of drug-likeness (QED) is 0.465. The third kappa shape index (κ3) is 3.61. The first-order valence-corrected chi connectivity index (χ1v) is 9.42. The van der Waals surface area contributed by atoms with Crippen LogP contribution in [0.5, 0.6) is 5.75 Å². The molecule has 4 heteroatoms. The van der Waals surface area contributed by atoms with Crippen LogP contribution in [-0.4, -0.2) is 19.3 Å². The van der Waals surface area contributed by atoms with Gasteiger partial charge >= 0.3 is 5.97 Å². The maximum atomic E-state index is 12.1. The van der Waals surface area contributed by atoms with Crippen molar-refractivity contribution in [2.24, 2.45) is 0 Å². The van der Waals surface area contributed by atoms with Crippen LogP contribution in [-0.2, 0) is 11.3 Å². The highest BCUT2D eigenvalue weighted by molar-refractivity contribution is 5.90. The molecule has 0 amide bonds. The number of nitrogens with zero attached hydrogens (tertiary/aromatic N) is 1. The van der Waals surface area contributed by atoms with Crippen LogP contribution >= 0.6 is 0 Å². The molecule has 0 bridgehead atoms. The van der Waals surface area contributed by atoms with Crippen molar-refractivity contribution in [3.05, 3.63) is 71.8 Å². The van der Waals surface area contributed by atoms with E-state index in [-0.39, 0.29) is 5.97 Å². The Bertz CT molecular complexity index is 949. The van der Waals surface area contributed by atoms with E-state index in [4.69, 9.17) is 9.47 Å². The molecule has 1 aliphatic heterocycles. The SMILES string of the molecule is CCCCOC(=O)c1ccc(N2COc3ccc4ccccc4c3C2)cc1. The Morgan fingerprint density at radius 1 is 1.07 bits per heavy atom. The Kier molecular flexibility index (Phi) is 4.97. The molecular weight excluding hydrogens is 338 g/mol. The second-order valence-corrected chi connectivity index (χ2v) is 6.77. The minimum Gasteiger partial charge on any atom is -0.473 e. The molecule has 0 saturated heterocycles. The Balaban J connectivity index is 1.52. The fourth-order valence-electron chi connectivity index (χ4n) is 3.36. The summed E-state index contributed by atoms with van der Waals surface area (Å²) in [5.41, 5.74) is 2.81. The van der Waals surface area contributed by atoms with Gasteiger partial charge in [0.1, 0.15) is 5.75 Å². The van der Waals surface area contributed by atoms with E-state index in [1.165, 1.54) is 16.3 Å². The van der Waals surface area contributed by atoms with E-state index >= 15 is 0 Å². The number of unbranched alkanes of at least 4 members (excludes halogenated alkanes) is 1. The lowest BCUT2D eigenvalue weighted by atomic mass is 10.0. The van der Waals surface area contributed by atoms with Crippen molar-refractivity contribution in [2.45, 2.75) is 26.3 Å². The van der Waals surface area contributed by atoms with Crippen LogP contribution in [0.15, 0.2) is 60.7 Å². The second-order valence-electron chi connectivity index (χ2n) is 6.77. The molecule has 4 rings (SSSR count). The molecule has 1 aliphatic rings. The number of ether oxygens (including phenoxy) is 2. The maximum absolute atomic E-state index is 12.1. The summed E-state index contributed by atoms with van der Waals surface area (Å²) in [6.07, 6.45) is 1.90. The maximum Gasteiger partial charge on any atom is 0.338 e. The lowest BCUT2D eigenvalue weighted by molar-refractivity contribution is 0.0500. The van der Waals surface area contributed by atoms with Crippen molar-refractivity contribution in [3.8, 4) is 5.75 Å². The zero-order valence-electron chi connectivity index (χ0n) is 15.5. The summed E-state index contributed by atoms with van der Waals surface area (Å²) in [4.78, 5) is 14.2. The summed E-state index contributed by atoms with van der Waals surface area (Å²) in [6, 6.07) is 20.1. The fraction of sp³-hybridized carbons (Fsp3) is 0.261. The van der Waals surface area contributed by atoms with Gasteiger partial charge in [-0.15, -0.1) is 0 Å². The summed E-state index contributed by atoms with van der Waals surface area (Å²) in [6.45, 7) is 3.81. The number of rotatable bonds is 5. The van der Waals surface area contributed by atoms with E-state index in [0.29, 0.717) is 18.9 Å². The van der Waals surface area contributed by atoms with Crippen LogP contribution in [0.25, 0.3) is 10.8 Å². The Morgan fingerprint density at radius 2 is 1.89 bits per heavy atom. The largest absolute Gasteiger partial charge is 0.473 e. The number of hydrogen-bond donors (Lipinski definition) is 0. The number of esters is 1. The van der Waals surface area contributed by atoms with Gasteiger partial charge in [0.2, 0.25) is 0 Å². The highest BCUT2D eigenvalue weighted by Gasteiger charge is 2.20. The predicted octanol–water partition coefficient (Wildman–Crippen LogP) is 5.15. The van der Waals surface area contributed by atoms with E-state index in [0.717, 1.165) is 30.8 Å². The van der Waals surface area contributed by atoms with Crippen LogP contribution in [0.2, 0.25) is 0 Å². The third-order valence-electron chi connectivity index (χ3n) is 4.92. The van der Waals surface area contributed by atoms with Crippen molar-refractivity contribution in [1.29, 1.82) is 0 Å². The predicted molar refractivity (Wildman–Crippen MR) is 107 cm³/mol. The van der Waals surface area contributed by atoms with Gasteiger partial charge < -0.3 is 14.4 Å². The molecule has 0 N–H and O–H groups in total. The standard InChI is InChI=1S/C23H23NO3/c1-2-3-14-26-23(25)18-8-11-19(12-9-18)24-15-21-20-7-5-4-6-17(20)10-13-22(21)27-16-24/h4-13H,2-3,14-16H2,1H3. The number of anilines is 1. The first-order valence-electron chi connectivity index (χ1n) is 9.42. The highest BCUT2D eigenvalue weighted by atomic mass is 16.5. The molecule has 27 heavy (non-hydrogen) atoms. The number of fused-ring (bicyclic) bond motifs is 3. The molecule has 0 fully saturated rings. The molecular formula is C23H23NO3. The summed E-state index contributed by atoms with van der Waals surface area (Å²) in [5, 5.41) is 2.43. The smallest absolute Gasteiger partial charge is 0.338 e. The summed E-state index contributed by atoms with van der Waals surface area (Å²) in [7, 11) is 0. The lowest BCUT2D eigenvalue weighted by Crippen LogP contribution is -2.32. The van der Waals surface area contributed by atoms with Gasteiger partial charge in [-0.3, -0.25) is 0 Å². The molecule has 0 aliphatic carbocycles. The monoisotopic (exact) mass is 361 g/mol. The molecule has 3 aromatic rings. The normalized spacial score (nSPS) is 13.1. The zero-order chi connectivity index (χ0) is 18.6. The first-order chi connectivity index (χ1) is 13.3. The zero-order valence-corrected chi connectivity index (χ0v) is 15.5. The van der Waals surface area contributed by atoms with Crippen LogP contribution in [0.3, 0.4) is 0 Å². The fourth-order valence-corrected chi connectivity index (χ4v) is 3.36. The van der Waals surface area contributed by atoms with Crippen LogP contribution in [0.4, 0.5) is 5.69 Å². The van der Waals surface area contributed by atoms with Gasteiger partial charge in [-0.25, -0.2) is 4.79 Å². The van der Waals surface area contributed by atoms with Gasteiger partial charge in [-0.05, 0) is 47.5 Å². The lowest BCUT2D eigenvalue weighted by Gasteiger charge is -2.31. The van der Waals surface area contributed by atoms with Gasteiger partial charge in [-0.2, -0.15) is 0 Å². The molecule has 0 unspecified atom stereocenters.